The van der Waals surface area contributed by atoms with Crippen LogP contribution in [0.4, 0.5) is 5.13 Å². The fraction of sp³-hybridized carbons (Fsp3) is 0.412. The summed E-state index contributed by atoms with van der Waals surface area (Å²) in [7, 11) is 0. The Hall–Kier alpha value is -1.37. The highest BCUT2D eigenvalue weighted by atomic mass is 32.2. The zero-order valence-corrected chi connectivity index (χ0v) is 14.5. The first kappa shape index (κ1) is 15.2. The molecule has 2 bridgehead atoms. The van der Waals surface area contributed by atoms with Crippen LogP contribution in [-0.2, 0) is 4.74 Å². The van der Waals surface area contributed by atoms with Crippen LogP contribution in [0, 0.1) is 0 Å². The molecule has 0 saturated carbocycles. The molecule has 4 nitrogen and oxygen atoms in total. The number of morpholine rings is 1. The molecule has 2 aliphatic rings. The predicted molar refractivity (Wildman–Crippen MR) is 93.9 cm³/mol. The van der Waals surface area contributed by atoms with Crippen molar-refractivity contribution in [2.75, 3.05) is 24.4 Å². The number of anilines is 1. The molecule has 120 valence electrons. The SMILES string of the molecule is CSc1cccc(C(=O)c2cnc(N3C4CCC3COC4)s2)c1. The zero-order valence-electron chi connectivity index (χ0n) is 12.9. The summed E-state index contributed by atoms with van der Waals surface area (Å²) in [6.07, 6.45) is 6.05. The van der Waals surface area contributed by atoms with E-state index in [9.17, 15) is 4.79 Å². The predicted octanol–water partition coefficient (Wildman–Crippen LogP) is 3.46. The van der Waals surface area contributed by atoms with Crippen molar-refractivity contribution < 1.29 is 9.53 Å². The van der Waals surface area contributed by atoms with Gasteiger partial charge in [0.15, 0.2) is 5.13 Å². The van der Waals surface area contributed by atoms with Crippen molar-refractivity contribution in [2.45, 2.75) is 29.8 Å². The van der Waals surface area contributed by atoms with E-state index in [0.717, 1.165) is 41.6 Å². The smallest absolute Gasteiger partial charge is 0.204 e. The maximum absolute atomic E-state index is 12.7. The summed E-state index contributed by atoms with van der Waals surface area (Å²) >= 11 is 3.15. The summed E-state index contributed by atoms with van der Waals surface area (Å²) in [5, 5.41) is 0.963. The van der Waals surface area contributed by atoms with E-state index in [2.05, 4.69) is 9.88 Å². The van der Waals surface area contributed by atoms with Crippen LogP contribution >= 0.6 is 23.1 Å². The van der Waals surface area contributed by atoms with Crippen LogP contribution in [0.1, 0.15) is 28.1 Å². The van der Waals surface area contributed by atoms with Crippen molar-refractivity contribution in [1.82, 2.24) is 4.98 Å². The average Bonchev–Trinajstić information content (AvgIpc) is 3.16. The Morgan fingerprint density at radius 2 is 2.13 bits per heavy atom. The van der Waals surface area contributed by atoms with Gasteiger partial charge in [-0.3, -0.25) is 4.79 Å². The molecule has 0 radical (unpaired) electrons. The number of nitrogens with zero attached hydrogens (tertiary/aromatic N) is 2. The van der Waals surface area contributed by atoms with Gasteiger partial charge in [0.05, 0.1) is 36.4 Å². The minimum Gasteiger partial charge on any atom is -0.377 e. The number of hydrogen-bond donors (Lipinski definition) is 0. The zero-order chi connectivity index (χ0) is 15.8. The second-order valence-electron chi connectivity index (χ2n) is 5.90. The molecule has 2 fully saturated rings. The standard InChI is InChI=1S/C17H18N2O2S2/c1-22-14-4-2-3-11(7-14)16(20)15-8-18-17(23-15)19-12-5-6-13(19)10-21-9-12/h2-4,7-8,12-13H,5-6,9-10H2,1H3. The molecule has 0 aliphatic carbocycles. The number of thiazole rings is 1. The van der Waals surface area contributed by atoms with E-state index in [1.165, 1.54) is 11.3 Å². The highest BCUT2D eigenvalue weighted by Gasteiger charge is 2.39. The van der Waals surface area contributed by atoms with Crippen LogP contribution < -0.4 is 4.90 Å². The summed E-state index contributed by atoms with van der Waals surface area (Å²) in [6.45, 7) is 1.55. The third kappa shape index (κ3) is 2.79. The van der Waals surface area contributed by atoms with Gasteiger partial charge < -0.3 is 9.64 Å². The van der Waals surface area contributed by atoms with Crippen molar-refractivity contribution in [3.63, 3.8) is 0 Å². The Morgan fingerprint density at radius 3 is 2.87 bits per heavy atom. The number of carbonyl (C=O) groups is 1. The molecule has 2 aromatic rings. The summed E-state index contributed by atoms with van der Waals surface area (Å²) in [5.74, 6) is 0.0604. The van der Waals surface area contributed by atoms with Crippen LogP contribution in [0.3, 0.4) is 0 Å². The Balaban J connectivity index is 1.59. The molecule has 1 aromatic carbocycles. The second kappa shape index (κ2) is 6.26. The van der Waals surface area contributed by atoms with E-state index in [0.29, 0.717) is 17.0 Å². The Morgan fingerprint density at radius 1 is 1.35 bits per heavy atom. The fourth-order valence-corrected chi connectivity index (χ4v) is 4.82. The summed E-state index contributed by atoms with van der Waals surface area (Å²) in [6, 6.07) is 8.61. The summed E-state index contributed by atoms with van der Waals surface area (Å²) < 4.78 is 5.62. The molecule has 0 N–H and O–H groups in total. The van der Waals surface area contributed by atoms with Crippen molar-refractivity contribution in [2.24, 2.45) is 0 Å². The Kier molecular flexibility index (Phi) is 4.13. The number of rotatable bonds is 4. The second-order valence-corrected chi connectivity index (χ2v) is 7.79. The minimum absolute atomic E-state index is 0.0604. The maximum atomic E-state index is 12.7. The summed E-state index contributed by atoms with van der Waals surface area (Å²) in [5.41, 5.74) is 0.733. The highest BCUT2D eigenvalue weighted by Crippen LogP contribution is 2.36. The molecule has 2 saturated heterocycles. The molecule has 0 spiro atoms. The van der Waals surface area contributed by atoms with Crippen LogP contribution in [0.2, 0.25) is 0 Å². The maximum Gasteiger partial charge on any atom is 0.204 e. The first-order chi connectivity index (χ1) is 11.3. The number of carbonyl (C=O) groups excluding carboxylic acids is 1. The number of hydrogen-bond acceptors (Lipinski definition) is 6. The fourth-order valence-electron chi connectivity index (χ4n) is 3.34. The number of aromatic nitrogens is 1. The van der Waals surface area contributed by atoms with Gasteiger partial charge in [0.1, 0.15) is 0 Å². The Labute approximate surface area is 143 Å². The number of ether oxygens (including phenoxy) is 1. The molecule has 0 amide bonds. The summed E-state index contributed by atoms with van der Waals surface area (Å²) in [4.78, 5) is 21.4. The van der Waals surface area contributed by atoms with Crippen molar-refractivity contribution in [3.05, 3.63) is 40.9 Å². The number of ketones is 1. The van der Waals surface area contributed by atoms with Gasteiger partial charge in [0.2, 0.25) is 5.78 Å². The highest BCUT2D eigenvalue weighted by molar-refractivity contribution is 7.98. The average molecular weight is 346 g/mol. The van der Waals surface area contributed by atoms with Gasteiger partial charge in [-0.2, -0.15) is 0 Å². The van der Waals surface area contributed by atoms with Gasteiger partial charge in [-0.1, -0.05) is 23.5 Å². The molecule has 2 unspecified atom stereocenters. The third-order valence-electron chi connectivity index (χ3n) is 4.51. The first-order valence-electron chi connectivity index (χ1n) is 7.77. The quantitative estimate of drug-likeness (QED) is 0.626. The van der Waals surface area contributed by atoms with Gasteiger partial charge in [-0.05, 0) is 31.2 Å². The Bertz CT molecular complexity index is 715. The normalized spacial score (nSPS) is 23.3. The topological polar surface area (TPSA) is 42.4 Å². The van der Waals surface area contributed by atoms with Crippen LogP contribution in [0.5, 0.6) is 0 Å². The van der Waals surface area contributed by atoms with Crippen molar-refractivity contribution in [1.29, 1.82) is 0 Å². The first-order valence-corrected chi connectivity index (χ1v) is 9.81. The van der Waals surface area contributed by atoms with Gasteiger partial charge in [-0.25, -0.2) is 4.98 Å². The van der Waals surface area contributed by atoms with Crippen LogP contribution in [0.25, 0.3) is 0 Å². The molecular weight excluding hydrogens is 328 g/mol. The van der Waals surface area contributed by atoms with Crippen LogP contribution in [0.15, 0.2) is 35.4 Å². The van der Waals surface area contributed by atoms with Gasteiger partial charge >= 0.3 is 0 Å². The molecule has 3 heterocycles. The molecular formula is C17H18N2O2S2. The van der Waals surface area contributed by atoms with Crippen molar-refractivity contribution in [3.8, 4) is 0 Å². The number of thioether (sulfide) groups is 1. The van der Waals surface area contributed by atoms with E-state index in [1.807, 2.05) is 30.5 Å². The molecule has 1 aromatic heterocycles. The lowest BCUT2D eigenvalue weighted by Gasteiger charge is -2.34. The van der Waals surface area contributed by atoms with E-state index >= 15 is 0 Å². The molecule has 4 rings (SSSR count). The molecule has 2 atom stereocenters. The van der Waals surface area contributed by atoms with E-state index in [4.69, 9.17) is 4.74 Å². The lowest BCUT2D eigenvalue weighted by molar-refractivity contribution is 0.0906. The van der Waals surface area contributed by atoms with Crippen LogP contribution in [-0.4, -0.2) is 42.3 Å². The largest absolute Gasteiger partial charge is 0.377 e. The number of benzene rings is 1. The molecule has 6 heteroatoms. The van der Waals surface area contributed by atoms with Gasteiger partial charge in [0.25, 0.3) is 0 Å². The lowest BCUT2D eigenvalue weighted by atomic mass is 10.1. The molecule has 2 aliphatic heterocycles. The van der Waals surface area contributed by atoms with E-state index in [-0.39, 0.29) is 5.78 Å². The van der Waals surface area contributed by atoms with E-state index in [1.54, 1.807) is 18.0 Å². The molecule has 23 heavy (non-hydrogen) atoms. The number of fused-ring (bicyclic) bond motifs is 2. The minimum atomic E-state index is 0.0604. The van der Waals surface area contributed by atoms with E-state index < -0.39 is 0 Å². The van der Waals surface area contributed by atoms with Gasteiger partial charge in [0, 0.05) is 10.5 Å². The lowest BCUT2D eigenvalue weighted by Crippen LogP contribution is -2.45. The third-order valence-corrected chi connectivity index (χ3v) is 6.25. The van der Waals surface area contributed by atoms with Crippen molar-refractivity contribution >= 4 is 34.0 Å². The monoisotopic (exact) mass is 346 g/mol. The van der Waals surface area contributed by atoms with Gasteiger partial charge in [-0.15, -0.1) is 11.8 Å².